The van der Waals surface area contributed by atoms with Gasteiger partial charge in [0.2, 0.25) is 5.91 Å². The van der Waals surface area contributed by atoms with E-state index in [0.717, 1.165) is 5.56 Å². The summed E-state index contributed by atoms with van der Waals surface area (Å²) >= 11 is 0. The van der Waals surface area contributed by atoms with E-state index < -0.39 is 0 Å². The van der Waals surface area contributed by atoms with E-state index in [1.165, 1.54) is 22.0 Å². The molecule has 136 valence electrons. The zero-order chi connectivity index (χ0) is 18.7. The normalized spacial score (nSPS) is 16.5. The molecule has 0 spiro atoms. The van der Waals surface area contributed by atoms with Gasteiger partial charge in [0.05, 0.1) is 12.0 Å². The minimum atomic E-state index is -0.386. The number of amides is 2. The van der Waals surface area contributed by atoms with Gasteiger partial charge >= 0.3 is 0 Å². The molecule has 3 rings (SSSR count). The van der Waals surface area contributed by atoms with Crippen molar-refractivity contribution < 1.29 is 18.4 Å². The predicted octanol–water partition coefficient (Wildman–Crippen LogP) is 2.96. The smallest absolute Gasteiger partial charge is 0.262 e. The van der Waals surface area contributed by atoms with Crippen LogP contribution in [0.5, 0.6) is 0 Å². The fourth-order valence-corrected chi connectivity index (χ4v) is 2.89. The summed E-state index contributed by atoms with van der Waals surface area (Å²) < 4.78 is 18.6. The Hall–Kier alpha value is -2.96. The molecule has 0 bridgehead atoms. The molecule has 1 aliphatic rings. The van der Waals surface area contributed by atoms with Crippen LogP contribution in [0.4, 0.5) is 4.39 Å². The third-order valence-electron chi connectivity index (χ3n) is 4.32. The summed E-state index contributed by atoms with van der Waals surface area (Å²) in [6.45, 7) is 1.68. The molecule has 0 saturated heterocycles. The lowest BCUT2D eigenvalue weighted by molar-refractivity contribution is -0.140. The van der Waals surface area contributed by atoms with Gasteiger partial charge in [0.1, 0.15) is 24.2 Å². The van der Waals surface area contributed by atoms with E-state index in [-0.39, 0.29) is 30.2 Å². The molecule has 26 heavy (non-hydrogen) atoms. The van der Waals surface area contributed by atoms with Crippen molar-refractivity contribution in [2.45, 2.75) is 25.8 Å². The van der Waals surface area contributed by atoms with Crippen LogP contribution in [-0.2, 0) is 9.59 Å². The first kappa shape index (κ1) is 17.8. The van der Waals surface area contributed by atoms with Gasteiger partial charge in [-0.1, -0.05) is 19.1 Å². The molecule has 1 aliphatic heterocycles. The van der Waals surface area contributed by atoms with Crippen molar-refractivity contribution in [3.05, 3.63) is 59.8 Å². The van der Waals surface area contributed by atoms with Gasteiger partial charge in [-0.3, -0.25) is 9.59 Å². The van der Waals surface area contributed by atoms with Crippen LogP contribution in [-0.4, -0.2) is 41.0 Å². The number of likely N-dealkylation sites (N-methyl/N-ethyl adjacent to an activating group) is 1. The Morgan fingerprint density at radius 2 is 2.04 bits per heavy atom. The maximum atomic E-state index is 13.2. The Morgan fingerprint density at radius 3 is 2.65 bits per heavy atom. The van der Waals surface area contributed by atoms with E-state index in [9.17, 15) is 14.0 Å². The number of hydrogen-bond acceptors (Lipinski definition) is 4. The summed E-state index contributed by atoms with van der Waals surface area (Å²) in [5, 5.41) is 5.80. The lowest BCUT2D eigenvalue weighted by Gasteiger charge is -2.23. The van der Waals surface area contributed by atoms with Gasteiger partial charge in [-0.15, -0.1) is 0 Å². The summed E-state index contributed by atoms with van der Waals surface area (Å²) in [7, 11) is 1.59. The number of nitrogens with zero attached hydrogens (tertiary/aromatic N) is 3. The first-order valence-corrected chi connectivity index (χ1v) is 8.42. The van der Waals surface area contributed by atoms with Gasteiger partial charge in [0, 0.05) is 19.9 Å². The largest absolute Gasteiger partial charge is 0.467 e. The number of carbonyl (C=O) groups excluding carboxylic acids is 2. The van der Waals surface area contributed by atoms with Crippen molar-refractivity contribution in [1.29, 1.82) is 0 Å². The maximum Gasteiger partial charge on any atom is 0.262 e. The molecular weight excluding hydrogens is 337 g/mol. The van der Waals surface area contributed by atoms with Crippen LogP contribution >= 0.6 is 0 Å². The number of hydrogen-bond donors (Lipinski definition) is 0. The Kier molecular flexibility index (Phi) is 5.16. The fourth-order valence-electron chi connectivity index (χ4n) is 2.89. The Bertz CT molecular complexity index is 815. The van der Waals surface area contributed by atoms with E-state index in [4.69, 9.17) is 4.42 Å². The number of furan rings is 1. The molecule has 1 aromatic carbocycles. The van der Waals surface area contributed by atoms with Gasteiger partial charge < -0.3 is 9.32 Å². The molecular formula is C19H20FN3O3. The lowest BCUT2D eigenvalue weighted by Crippen LogP contribution is -2.38. The summed E-state index contributed by atoms with van der Waals surface area (Å²) in [4.78, 5) is 25.9. The average molecular weight is 357 g/mol. The fraction of sp³-hybridized carbons (Fsp3) is 0.316. The molecule has 0 N–H and O–H groups in total. The first-order chi connectivity index (χ1) is 12.5. The highest BCUT2D eigenvalue weighted by Crippen LogP contribution is 2.33. The van der Waals surface area contributed by atoms with Gasteiger partial charge in [-0.05, 0) is 29.8 Å². The van der Waals surface area contributed by atoms with Gasteiger partial charge in [-0.2, -0.15) is 5.10 Å². The van der Waals surface area contributed by atoms with Gasteiger partial charge in [0.15, 0.2) is 0 Å². The second kappa shape index (κ2) is 7.51. The topological polar surface area (TPSA) is 66.1 Å². The van der Waals surface area contributed by atoms with Crippen LogP contribution in [0.15, 0.2) is 52.2 Å². The lowest BCUT2D eigenvalue weighted by atomic mass is 10.0. The van der Waals surface area contributed by atoms with E-state index in [2.05, 4.69) is 5.10 Å². The predicted molar refractivity (Wildman–Crippen MR) is 93.8 cm³/mol. The van der Waals surface area contributed by atoms with Crippen LogP contribution in [0.2, 0.25) is 0 Å². The van der Waals surface area contributed by atoms with Gasteiger partial charge in [0.25, 0.3) is 5.91 Å². The van der Waals surface area contributed by atoms with Crippen LogP contribution in [0, 0.1) is 5.82 Å². The molecule has 0 radical (unpaired) electrons. The Balaban J connectivity index is 1.86. The van der Waals surface area contributed by atoms with E-state index in [1.54, 1.807) is 44.5 Å². The van der Waals surface area contributed by atoms with Crippen molar-refractivity contribution in [3.63, 3.8) is 0 Å². The molecule has 0 aliphatic carbocycles. The minimum absolute atomic E-state index is 0.0654. The summed E-state index contributed by atoms with van der Waals surface area (Å²) in [6.07, 6.45) is 2.33. The van der Waals surface area contributed by atoms with Crippen LogP contribution in [0.25, 0.3) is 0 Å². The highest BCUT2D eigenvalue weighted by molar-refractivity contribution is 6.03. The van der Waals surface area contributed by atoms with Crippen molar-refractivity contribution >= 4 is 17.5 Å². The highest BCUT2D eigenvalue weighted by Gasteiger charge is 2.35. The van der Waals surface area contributed by atoms with Crippen molar-refractivity contribution in [2.75, 3.05) is 13.6 Å². The standard InChI is InChI=1S/C19H20FN3O3/c1-3-18(24)22(2)12-19(25)23-16(17-5-4-10-26-17)11-15(21-23)13-6-8-14(20)9-7-13/h4-10,16H,3,11-12H2,1-2H3/t16-/m1/s1. The molecule has 0 fully saturated rings. The summed E-state index contributed by atoms with van der Waals surface area (Å²) in [5.41, 5.74) is 1.42. The zero-order valence-corrected chi connectivity index (χ0v) is 14.7. The van der Waals surface area contributed by atoms with Crippen LogP contribution in [0.1, 0.15) is 37.1 Å². The molecule has 1 aromatic heterocycles. The number of rotatable bonds is 5. The average Bonchev–Trinajstić information content (AvgIpc) is 3.30. The molecule has 2 heterocycles. The maximum absolute atomic E-state index is 13.2. The van der Waals surface area contributed by atoms with Crippen molar-refractivity contribution in [2.24, 2.45) is 5.10 Å². The molecule has 0 saturated carbocycles. The number of hydrazone groups is 1. The minimum Gasteiger partial charge on any atom is -0.467 e. The second-order valence-corrected chi connectivity index (χ2v) is 6.13. The first-order valence-electron chi connectivity index (χ1n) is 8.42. The van der Waals surface area contributed by atoms with E-state index in [0.29, 0.717) is 24.3 Å². The summed E-state index contributed by atoms with van der Waals surface area (Å²) in [6, 6.07) is 9.14. The molecule has 0 unspecified atom stereocenters. The summed E-state index contributed by atoms with van der Waals surface area (Å²) in [5.74, 6) is -0.131. The molecule has 2 aromatic rings. The van der Waals surface area contributed by atoms with Crippen molar-refractivity contribution in [1.82, 2.24) is 9.91 Å². The molecule has 1 atom stereocenters. The number of halogens is 1. The zero-order valence-electron chi connectivity index (χ0n) is 14.7. The third kappa shape index (κ3) is 3.66. The van der Waals surface area contributed by atoms with Crippen LogP contribution in [0.3, 0.4) is 0 Å². The Labute approximate surface area is 150 Å². The number of benzene rings is 1. The highest BCUT2D eigenvalue weighted by atomic mass is 19.1. The van der Waals surface area contributed by atoms with E-state index >= 15 is 0 Å². The molecule has 6 nitrogen and oxygen atoms in total. The monoisotopic (exact) mass is 357 g/mol. The second-order valence-electron chi connectivity index (χ2n) is 6.13. The van der Waals surface area contributed by atoms with Crippen LogP contribution < -0.4 is 0 Å². The Morgan fingerprint density at radius 1 is 1.31 bits per heavy atom. The van der Waals surface area contributed by atoms with E-state index in [1.807, 2.05) is 0 Å². The third-order valence-corrected chi connectivity index (χ3v) is 4.32. The SMILES string of the molecule is CCC(=O)N(C)CC(=O)N1N=C(c2ccc(F)cc2)C[C@@H]1c1ccco1. The molecule has 7 heteroatoms. The quantitative estimate of drug-likeness (QED) is 0.826. The molecule has 2 amide bonds. The van der Waals surface area contributed by atoms with Gasteiger partial charge in [-0.25, -0.2) is 9.40 Å². The number of carbonyl (C=O) groups is 2. The van der Waals surface area contributed by atoms with Crippen molar-refractivity contribution in [3.8, 4) is 0 Å².